The fourth-order valence-corrected chi connectivity index (χ4v) is 6.32. The van der Waals surface area contributed by atoms with Gasteiger partial charge in [-0.25, -0.2) is 9.36 Å². The van der Waals surface area contributed by atoms with Crippen molar-refractivity contribution < 1.29 is 0 Å². The smallest absolute Gasteiger partial charge is 0.354 e. The first kappa shape index (κ1) is 21.6. The van der Waals surface area contributed by atoms with E-state index in [1.807, 2.05) is 67.0 Å². The van der Waals surface area contributed by atoms with Crippen LogP contribution < -0.4 is 11.4 Å². The Labute approximate surface area is 207 Å². The van der Waals surface area contributed by atoms with Crippen LogP contribution in [0.15, 0.2) is 100 Å². The zero-order valence-electron chi connectivity index (χ0n) is 19.0. The van der Waals surface area contributed by atoms with Crippen molar-refractivity contribution in [3.63, 3.8) is 0 Å². The Kier molecular flexibility index (Phi) is 5.54. The van der Waals surface area contributed by atoms with E-state index < -0.39 is 0 Å². The van der Waals surface area contributed by atoms with Crippen molar-refractivity contribution in [2.75, 3.05) is 5.73 Å². The van der Waals surface area contributed by atoms with Crippen molar-refractivity contribution in [1.82, 2.24) is 19.5 Å². The summed E-state index contributed by atoms with van der Waals surface area (Å²) in [4.78, 5) is 26.1. The quantitative estimate of drug-likeness (QED) is 0.394. The number of fused-ring (bicyclic) bond motifs is 2. The van der Waals surface area contributed by atoms with Crippen LogP contribution in [-0.2, 0) is 0 Å². The lowest BCUT2D eigenvalue weighted by molar-refractivity contribution is 0.758. The summed E-state index contributed by atoms with van der Waals surface area (Å²) in [6.45, 7) is 0. The summed E-state index contributed by atoms with van der Waals surface area (Å²) in [5.41, 5.74) is 13.9. The Balaban J connectivity index is 1.63. The van der Waals surface area contributed by atoms with Gasteiger partial charge in [0.1, 0.15) is 10.8 Å². The molecule has 4 aromatic rings. The van der Waals surface area contributed by atoms with E-state index >= 15 is 0 Å². The van der Waals surface area contributed by atoms with Crippen LogP contribution in [0.25, 0.3) is 17.3 Å². The number of benzene rings is 1. The maximum atomic E-state index is 13.2. The van der Waals surface area contributed by atoms with Gasteiger partial charge in [0, 0.05) is 24.8 Å². The highest BCUT2D eigenvalue weighted by molar-refractivity contribution is 7.99. The third-order valence-corrected chi connectivity index (χ3v) is 7.81. The molecule has 0 radical (unpaired) electrons. The minimum atomic E-state index is -0.368. The Hall–Kier alpha value is -3.97. The summed E-state index contributed by atoms with van der Waals surface area (Å²) in [5.74, 6) is 0.432. The molecule has 172 valence electrons. The highest BCUT2D eigenvalue weighted by atomic mass is 32.2. The second-order valence-corrected chi connectivity index (χ2v) is 9.71. The van der Waals surface area contributed by atoms with Gasteiger partial charge in [-0.3, -0.25) is 9.97 Å². The van der Waals surface area contributed by atoms with E-state index in [1.165, 1.54) is 15.7 Å². The van der Waals surface area contributed by atoms with E-state index in [4.69, 9.17) is 5.73 Å². The zero-order chi connectivity index (χ0) is 23.8. The molecule has 0 saturated heterocycles. The van der Waals surface area contributed by atoms with Gasteiger partial charge in [-0.2, -0.15) is 4.98 Å². The Morgan fingerprint density at radius 3 is 2.40 bits per heavy atom. The first-order valence-electron chi connectivity index (χ1n) is 11.6. The molecule has 2 aliphatic rings. The molecular formula is C28H23N5OS. The van der Waals surface area contributed by atoms with Crippen molar-refractivity contribution in [3.8, 4) is 5.69 Å². The van der Waals surface area contributed by atoms with E-state index in [0.29, 0.717) is 16.5 Å². The Bertz CT molecular complexity index is 1510. The largest absolute Gasteiger partial charge is 0.384 e. The van der Waals surface area contributed by atoms with E-state index in [9.17, 15) is 4.79 Å². The summed E-state index contributed by atoms with van der Waals surface area (Å²) in [5, 5.41) is 0.739. The Morgan fingerprint density at radius 1 is 0.943 bits per heavy atom. The second kappa shape index (κ2) is 9.00. The molecule has 4 heterocycles. The van der Waals surface area contributed by atoms with Gasteiger partial charge in [-0.05, 0) is 83.5 Å². The fourth-order valence-electron chi connectivity index (χ4n) is 4.97. The molecule has 1 aromatic carbocycles. The van der Waals surface area contributed by atoms with Gasteiger partial charge in [0.2, 0.25) is 0 Å². The third kappa shape index (κ3) is 3.88. The molecule has 6 rings (SSSR count). The number of aromatic nitrogens is 4. The summed E-state index contributed by atoms with van der Waals surface area (Å²) in [6.07, 6.45) is 12.4. The number of hydrogen-bond donors (Lipinski definition) is 1. The van der Waals surface area contributed by atoms with Crippen LogP contribution >= 0.6 is 11.8 Å². The minimum Gasteiger partial charge on any atom is -0.384 e. The highest BCUT2D eigenvalue weighted by Gasteiger charge is 2.36. The van der Waals surface area contributed by atoms with Gasteiger partial charge in [-0.1, -0.05) is 36.0 Å². The predicted octanol–water partition coefficient (Wildman–Crippen LogP) is 5.47. The lowest BCUT2D eigenvalue weighted by Crippen LogP contribution is -2.28. The second-order valence-electron chi connectivity index (χ2n) is 8.61. The highest BCUT2D eigenvalue weighted by Crippen LogP contribution is 2.56. The van der Waals surface area contributed by atoms with Crippen LogP contribution in [0, 0.1) is 0 Å². The molecule has 1 aliphatic heterocycles. The van der Waals surface area contributed by atoms with Crippen molar-refractivity contribution >= 4 is 29.2 Å². The molecule has 0 saturated carbocycles. The fraction of sp³-hybridized carbons (Fsp3) is 0.143. The molecule has 1 unspecified atom stereocenters. The molecule has 2 N–H and O–H groups in total. The number of nitrogens with two attached hydrogens (primary N) is 1. The van der Waals surface area contributed by atoms with Crippen molar-refractivity contribution in [2.24, 2.45) is 0 Å². The predicted molar refractivity (Wildman–Crippen MR) is 140 cm³/mol. The maximum Gasteiger partial charge on any atom is 0.354 e. The average Bonchev–Trinajstić information content (AvgIpc) is 2.90. The first-order chi connectivity index (χ1) is 17.2. The van der Waals surface area contributed by atoms with Crippen LogP contribution in [0.3, 0.4) is 0 Å². The molecule has 0 spiro atoms. The number of hydrogen-bond acceptors (Lipinski definition) is 6. The van der Waals surface area contributed by atoms with Gasteiger partial charge in [0.25, 0.3) is 0 Å². The number of allylic oxidation sites excluding steroid dienone is 2. The van der Waals surface area contributed by atoms with Gasteiger partial charge < -0.3 is 5.73 Å². The first-order valence-corrected chi connectivity index (χ1v) is 12.5. The van der Waals surface area contributed by atoms with Crippen LogP contribution in [0.2, 0.25) is 0 Å². The lowest BCUT2D eigenvalue weighted by Gasteiger charge is -2.35. The number of para-hydroxylation sites is 1. The number of pyridine rings is 2. The SMILES string of the molecule is Nc1c2c(nc(=O)n1-c1ccccc1)SC(c1ccncc1)C1=C2C(=Cc2ccncc2)CCC1. The normalized spacial score (nSPS) is 18.3. The molecule has 1 aliphatic carbocycles. The maximum absolute atomic E-state index is 13.2. The summed E-state index contributed by atoms with van der Waals surface area (Å²) < 4.78 is 1.52. The number of nitrogen functional groups attached to an aromatic ring is 1. The van der Waals surface area contributed by atoms with Gasteiger partial charge >= 0.3 is 5.69 Å². The standard InChI is InChI=1S/C28H23N5OS/c29-26-24-23-20(17-18-9-13-30-14-10-18)5-4-8-22(23)25(19-11-15-31-16-12-19)35-27(24)32-28(34)33(26)21-6-2-1-3-7-21/h1-3,6-7,9-17,25H,4-5,8,29H2. The molecular weight excluding hydrogens is 454 g/mol. The number of rotatable bonds is 3. The molecule has 3 aromatic heterocycles. The monoisotopic (exact) mass is 477 g/mol. The topological polar surface area (TPSA) is 86.7 Å². The summed E-state index contributed by atoms with van der Waals surface area (Å²) in [6, 6.07) is 17.6. The van der Waals surface area contributed by atoms with Gasteiger partial charge in [0.15, 0.2) is 0 Å². The number of anilines is 1. The lowest BCUT2D eigenvalue weighted by atomic mass is 9.80. The van der Waals surface area contributed by atoms with Gasteiger partial charge in [-0.15, -0.1) is 0 Å². The van der Waals surface area contributed by atoms with E-state index in [2.05, 4.69) is 21.0 Å². The number of thioether (sulfide) groups is 1. The number of nitrogens with zero attached hydrogens (tertiary/aromatic N) is 4. The zero-order valence-corrected chi connectivity index (χ0v) is 19.8. The summed E-state index contributed by atoms with van der Waals surface area (Å²) >= 11 is 1.61. The average molecular weight is 478 g/mol. The van der Waals surface area contributed by atoms with E-state index in [0.717, 1.165) is 41.5 Å². The van der Waals surface area contributed by atoms with Crippen LogP contribution in [0.5, 0.6) is 0 Å². The van der Waals surface area contributed by atoms with Crippen molar-refractivity contribution in [3.05, 3.63) is 118 Å². The van der Waals surface area contributed by atoms with Crippen LogP contribution in [-0.4, -0.2) is 19.5 Å². The molecule has 6 nitrogen and oxygen atoms in total. The molecule has 7 heteroatoms. The summed E-state index contributed by atoms with van der Waals surface area (Å²) in [7, 11) is 0. The van der Waals surface area contributed by atoms with Crippen LogP contribution in [0.4, 0.5) is 5.82 Å². The Morgan fingerprint density at radius 2 is 1.66 bits per heavy atom. The van der Waals surface area contributed by atoms with Crippen molar-refractivity contribution in [1.29, 1.82) is 0 Å². The molecule has 0 bridgehead atoms. The molecule has 0 amide bonds. The minimum absolute atomic E-state index is 0.0560. The van der Waals surface area contributed by atoms with Crippen molar-refractivity contribution in [2.45, 2.75) is 29.5 Å². The van der Waals surface area contributed by atoms with E-state index in [-0.39, 0.29) is 10.9 Å². The molecule has 0 fully saturated rings. The van der Waals surface area contributed by atoms with Gasteiger partial charge in [0.05, 0.1) is 16.5 Å². The van der Waals surface area contributed by atoms with Crippen LogP contribution in [0.1, 0.15) is 41.2 Å². The molecule has 35 heavy (non-hydrogen) atoms. The third-order valence-electron chi connectivity index (χ3n) is 6.50. The molecule has 1 atom stereocenters. The van der Waals surface area contributed by atoms with E-state index in [1.54, 1.807) is 24.2 Å².